The highest BCUT2D eigenvalue weighted by Gasteiger charge is 2.35. The van der Waals surface area contributed by atoms with Crippen LogP contribution in [0.15, 0.2) is 0 Å². The molecule has 4 heteroatoms. The number of hydrogen-bond donors (Lipinski definition) is 3. The summed E-state index contributed by atoms with van der Waals surface area (Å²) >= 11 is 0. The number of hydrogen-bond acceptors (Lipinski definition) is 3. The zero-order valence-electron chi connectivity index (χ0n) is 8.75. The van der Waals surface area contributed by atoms with Gasteiger partial charge in [-0.2, -0.15) is 0 Å². The van der Waals surface area contributed by atoms with Crippen LogP contribution in [-0.4, -0.2) is 17.7 Å². The fourth-order valence-electron chi connectivity index (χ4n) is 2.57. The molecule has 0 aromatic rings. The second-order valence-electron chi connectivity index (χ2n) is 4.62. The highest BCUT2D eigenvalue weighted by Crippen LogP contribution is 2.41. The Balaban J connectivity index is 2.60. The lowest BCUT2D eigenvalue weighted by Gasteiger charge is -2.38. The molecule has 0 aliphatic heterocycles. The van der Waals surface area contributed by atoms with Crippen LogP contribution >= 0.6 is 0 Å². The summed E-state index contributed by atoms with van der Waals surface area (Å²) in [6.07, 6.45) is 4.71. The number of nitrogens with two attached hydrogens (primary N) is 1. The maximum atomic E-state index is 11.1. The zero-order valence-corrected chi connectivity index (χ0v) is 8.75. The standard InChI is InChI=1S/C10H20N2O2/c1-8-3-2-4-10(5-8,7-11)6-9(13)12-14/h8,14H,2-7,11H2,1H3,(H,12,13)/t8-,10+/m1/s1. The molecule has 0 spiro atoms. The molecule has 0 radical (unpaired) electrons. The number of hydroxylamine groups is 1. The smallest absolute Gasteiger partial charge is 0.243 e. The summed E-state index contributed by atoms with van der Waals surface area (Å²) in [5.41, 5.74) is 7.35. The van der Waals surface area contributed by atoms with Crippen LogP contribution in [0.1, 0.15) is 39.0 Å². The minimum atomic E-state index is -0.315. The molecule has 1 saturated carbocycles. The molecular formula is C10H20N2O2. The molecule has 4 nitrogen and oxygen atoms in total. The molecule has 1 aliphatic rings. The minimum Gasteiger partial charge on any atom is -0.330 e. The van der Waals surface area contributed by atoms with Crippen molar-refractivity contribution in [1.29, 1.82) is 0 Å². The van der Waals surface area contributed by atoms with E-state index >= 15 is 0 Å². The predicted molar refractivity (Wildman–Crippen MR) is 53.7 cm³/mol. The Morgan fingerprint density at radius 1 is 1.71 bits per heavy atom. The van der Waals surface area contributed by atoms with Gasteiger partial charge in [-0.1, -0.05) is 19.8 Å². The van der Waals surface area contributed by atoms with Crippen molar-refractivity contribution < 1.29 is 10.0 Å². The summed E-state index contributed by atoms with van der Waals surface area (Å²) in [6.45, 7) is 2.73. The van der Waals surface area contributed by atoms with Crippen LogP contribution in [0, 0.1) is 11.3 Å². The van der Waals surface area contributed by atoms with E-state index in [2.05, 4.69) is 6.92 Å². The van der Waals surface area contributed by atoms with Crippen molar-refractivity contribution in [2.75, 3.05) is 6.54 Å². The summed E-state index contributed by atoms with van der Waals surface area (Å²) in [7, 11) is 0. The molecule has 0 heterocycles. The third-order valence-electron chi connectivity index (χ3n) is 3.28. The Morgan fingerprint density at radius 2 is 2.43 bits per heavy atom. The number of carbonyl (C=O) groups excluding carboxylic acids is 1. The molecule has 1 rings (SSSR count). The van der Waals surface area contributed by atoms with Crippen LogP contribution in [-0.2, 0) is 4.79 Å². The average molecular weight is 200 g/mol. The molecule has 0 unspecified atom stereocenters. The molecule has 4 N–H and O–H groups in total. The highest BCUT2D eigenvalue weighted by molar-refractivity contribution is 5.75. The summed E-state index contributed by atoms with van der Waals surface area (Å²) in [4.78, 5) is 11.1. The van der Waals surface area contributed by atoms with Crippen LogP contribution in [0.4, 0.5) is 0 Å². The monoisotopic (exact) mass is 200 g/mol. The van der Waals surface area contributed by atoms with E-state index in [9.17, 15) is 4.79 Å². The second kappa shape index (κ2) is 4.75. The first-order valence-corrected chi connectivity index (χ1v) is 5.25. The molecule has 0 bridgehead atoms. The predicted octanol–water partition coefficient (Wildman–Crippen LogP) is 1.04. The van der Waals surface area contributed by atoms with Crippen molar-refractivity contribution in [2.45, 2.75) is 39.0 Å². The van der Waals surface area contributed by atoms with Gasteiger partial charge in [0.15, 0.2) is 0 Å². The topological polar surface area (TPSA) is 75.4 Å². The van der Waals surface area contributed by atoms with Crippen molar-refractivity contribution in [3.05, 3.63) is 0 Å². The van der Waals surface area contributed by atoms with Crippen LogP contribution < -0.4 is 11.2 Å². The lowest BCUT2D eigenvalue weighted by atomic mass is 9.68. The Labute approximate surface area is 84.8 Å². The van der Waals surface area contributed by atoms with E-state index in [1.165, 1.54) is 6.42 Å². The Kier molecular flexibility index (Phi) is 3.89. The molecule has 0 aromatic heterocycles. The van der Waals surface area contributed by atoms with Gasteiger partial charge in [-0.15, -0.1) is 0 Å². The van der Waals surface area contributed by atoms with Gasteiger partial charge in [0.1, 0.15) is 0 Å². The number of amides is 1. The van der Waals surface area contributed by atoms with Crippen molar-refractivity contribution in [3.63, 3.8) is 0 Å². The van der Waals surface area contributed by atoms with Gasteiger partial charge < -0.3 is 5.73 Å². The van der Waals surface area contributed by atoms with E-state index in [-0.39, 0.29) is 11.3 Å². The van der Waals surface area contributed by atoms with E-state index < -0.39 is 0 Å². The van der Waals surface area contributed by atoms with E-state index in [0.29, 0.717) is 18.9 Å². The fourth-order valence-corrected chi connectivity index (χ4v) is 2.57. The van der Waals surface area contributed by atoms with Crippen LogP contribution in [0.5, 0.6) is 0 Å². The summed E-state index contributed by atoms with van der Waals surface area (Å²) in [6, 6.07) is 0. The van der Waals surface area contributed by atoms with Gasteiger partial charge in [0.05, 0.1) is 0 Å². The SMILES string of the molecule is C[C@@H]1CCC[C@@](CN)(CC(=O)NO)C1. The molecule has 0 aromatic carbocycles. The molecule has 1 amide bonds. The molecule has 0 saturated heterocycles. The maximum Gasteiger partial charge on any atom is 0.243 e. The molecular weight excluding hydrogens is 180 g/mol. The van der Waals surface area contributed by atoms with E-state index in [1.807, 2.05) is 0 Å². The first-order valence-electron chi connectivity index (χ1n) is 5.25. The summed E-state index contributed by atoms with van der Waals surface area (Å²) < 4.78 is 0. The third kappa shape index (κ3) is 2.69. The first-order chi connectivity index (χ1) is 6.62. The first kappa shape index (κ1) is 11.5. The summed E-state index contributed by atoms with van der Waals surface area (Å²) in [5.74, 6) is 0.323. The van der Waals surface area contributed by atoms with Crippen LogP contribution in [0.3, 0.4) is 0 Å². The molecule has 1 aliphatic carbocycles. The number of rotatable bonds is 3. The fraction of sp³-hybridized carbons (Fsp3) is 0.900. The van der Waals surface area contributed by atoms with Gasteiger partial charge in [-0.3, -0.25) is 10.0 Å². The van der Waals surface area contributed by atoms with Crippen molar-refractivity contribution >= 4 is 5.91 Å². The lowest BCUT2D eigenvalue weighted by Crippen LogP contribution is -2.39. The third-order valence-corrected chi connectivity index (χ3v) is 3.28. The van der Waals surface area contributed by atoms with Gasteiger partial charge in [0, 0.05) is 6.42 Å². The van der Waals surface area contributed by atoms with Crippen LogP contribution in [0.2, 0.25) is 0 Å². The number of nitrogens with one attached hydrogen (secondary N) is 1. The highest BCUT2D eigenvalue weighted by atomic mass is 16.5. The average Bonchev–Trinajstić information content (AvgIpc) is 2.17. The van der Waals surface area contributed by atoms with Gasteiger partial charge in [0.25, 0.3) is 0 Å². The lowest BCUT2D eigenvalue weighted by molar-refractivity contribution is -0.132. The normalized spacial score (nSPS) is 32.6. The molecule has 82 valence electrons. The van der Waals surface area contributed by atoms with Crippen molar-refractivity contribution in [1.82, 2.24) is 5.48 Å². The summed E-state index contributed by atoms with van der Waals surface area (Å²) in [5, 5.41) is 8.50. The molecule has 14 heavy (non-hydrogen) atoms. The van der Waals surface area contributed by atoms with Gasteiger partial charge >= 0.3 is 0 Å². The van der Waals surface area contributed by atoms with Gasteiger partial charge in [-0.05, 0) is 30.7 Å². The quantitative estimate of drug-likeness (QED) is 0.470. The largest absolute Gasteiger partial charge is 0.330 e. The second-order valence-corrected chi connectivity index (χ2v) is 4.62. The van der Waals surface area contributed by atoms with E-state index in [0.717, 1.165) is 19.3 Å². The zero-order chi connectivity index (χ0) is 10.6. The van der Waals surface area contributed by atoms with Gasteiger partial charge in [-0.25, -0.2) is 5.48 Å². The number of carbonyl (C=O) groups is 1. The Bertz CT molecular complexity index is 208. The molecule has 2 atom stereocenters. The minimum absolute atomic E-state index is 0.0789. The Morgan fingerprint density at radius 3 is 2.93 bits per heavy atom. The van der Waals surface area contributed by atoms with Crippen LogP contribution in [0.25, 0.3) is 0 Å². The van der Waals surface area contributed by atoms with Gasteiger partial charge in [0.2, 0.25) is 5.91 Å². The van der Waals surface area contributed by atoms with Crippen molar-refractivity contribution in [3.8, 4) is 0 Å². The maximum absolute atomic E-state index is 11.1. The Hall–Kier alpha value is -0.610. The van der Waals surface area contributed by atoms with E-state index in [1.54, 1.807) is 5.48 Å². The van der Waals surface area contributed by atoms with Crippen molar-refractivity contribution in [2.24, 2.45) is 17.1 Å². The van der Waals surface area contributed by atoms with E-state index in [4.69, 9.17) is 10.9 Å². The molecule has 1 fully saturated rings.